The number of nitrogens with zero attached hydrogens (tertiary/aromatic N) is 3. The lowest BCUT2D eigenvalue weighted by Gasteiger charge is -2.49. The zero-order chi connectivity index (χ0) is 57.4. The van der Waals surface area contributed by atoms with Crippen molar-refractivity contribution in [3.8, 4) is 0 Å². The first-order chi connectivity index (χ1) is 35.3. The van der Waals surface area contributed by atoms with Crippen LogP contribution in [0.1, 0.15) is 113 Å². The highest BCUT2D eigenvalue weighted by Crippen LogP contribution is 2.41. The fourth-order valence-electron chi connectivity index (χ4n) is 10.8. The summed E-state index contributed by atoms with van der Waals surface area (Å²) in [4.78, 5) is 52.0. The molecule has 0 aromatic heterocycles. The van der Waals surface area contributed by atoms with E-state index in [4.69, 9.17) is 57.2 Å². The number of carbonyl (C=O) groups excluding carboxylic acids is 3. The van der Waals surface area contributed by atoms with Gasteiger partial charge in [-0.05, 0) is 85.5 Å². The summed E-state index contributed by atoms with van der Waals surface area (Å²) in [5.74, 6) is -6.42. The van der Waals surface area contributed by atoms with Crippen LogP contribution in [0, 0.1) is 39.3 Å². The number of hydrogen-bond acceptors (Lipinski definition) is 21. The lowest BCUT2D eigenvalue weighted by molar-refractivity contribution is -0.384. The van der Waals surface area contributed by atoms with Gasteiger partial charge in [0, 0.05) is 75.2 Å². The zero-order valence-corrected chi connectivity index (χ0v) is 47.0. The van der Waals surface area contributed by atoms with Crippen molar-refractivity contribution >= 4 is 46.5 Å². The summed E-state index contributed by atoms with van der Waals surface area (Å²) in [6, 6.07) is 3.40. The molecule has 2 unspecified atom stereocenters. The Morgan fingerprint density at radius 1 is 1.01 bits per heavy atom. The Morgan fingerprint density at radius 2 is 1.64 bits per heavy atom. The molecule has 20 atom stereocenters. The number of hydrogen-bond donors (Lipinski definition) is 9. The van der Waals surface area contributed by atoms with E-state index in [-0.39, 0.29) is 55.7 Å². The molecule has 0 bridgehead atoms. The van der Waals surface area contributed by atoms with Gasteiger partial charge in [-0.2, -0.15) is 5.11 Å². The van der Waals surface area contributed by atoms with Gasteiger partial charge in [-0.1, -0.05) is 50.9 Å². The number of rotatable bonds is 19. The number of nitrogens with one attached hydrogen (secondary N) is 3. The summed E-state index contributed by atoms with van der Waals surface area (Å²) >= 11 is 11.6. The number of carbonyl (C=O) groups is 3. The molecule has 25 heteroatoms. The summed E-state index contributed by atoms with van der Waals surface area (Å²) in [5, 5.41) is 90.7. The van der Waals surface area contributed by atoms with Crippen molar-refractivity contribution in [2.24, 2.45) is 28.8 Å². The second kappa shape index (κ2) is 27.6. The Morgan fingerprint density at radius 3 is 2.21 bits per heavy atom. The molecule has 0 radical (unpaired) electrons. The minimum Gasteiger partial charge on any atom is -0.459 e. The van der Waals surface area contributed by atoms with Crippen molar-refractivity contribution < 1.29 is 78.4 Å². The van der Waals surface area contributed by atoms with Crippen LogP contribution < -0.4 is 10.6 Å². The van der Waals surface area contributed by atoms with Crippen molar-refractivity contribution in [1.82, 2.24) is 15.5 Å². The molecule has 76 heavy (non-hydrogen) atoms. The topological polar surface area (TPSA) is 335 Å². The maximum absolute atomic E-state index is 14.4. The molecule has 0 saturated carbocycles. The molecular formula is C51H82Cl2N6O17. The van der Waals surface area contributed by atoms with E-state index in [1.54, 1.807) is 55.5 Å². The summed E-state index contributed by atoms with van der Waals surface area (Å²) < 4.78 is 37.6. The molecule has 23 nitrogen and oxygen atoms in total. The molecule has 1 amide bonds. The number of amides is 1. The van der Waals surface area contributed by atoms with E-state index in [9.17, 15) is 55.1 Å². The van der Waals surface area contributed by atoms with Gasteiger partial charge in [0.1, 0.15) is 35.8 Å². The van der Waals surface area contributed by atoms with Crippen LogP contribution in [0.5, 0.6) is 0 Å². The van der Waals surface area contributed by atoms with Crippen molar-refractivity contribution in [2.45, 2.75) is 203 Å². The second-order valence-corrected chi connectivity index (χ2v) is 22.7. The van der Waals surface area contributed by atoms with E-state index in [1.165, 1.54) is 58.3 Å². The number of aliphatic hydroxyl groups excluding tert-OH is 4. The Labute approximate surface area is 454 Å². The van der Waals surface area contributed by atoms with E-state index in [0.29, 0.717) is 6.42 Å². The molecule has 432 valence electrons. The number of benzene rings is 1. The molecule has 1 aromatic carbocycles. The minimum atomic E-state index is -2.08. The largest absolute Gasteiger partial charge is 0.459 e. The highest BCUT2D eigenvalue weighted by atomic mass is 35.5. The normalized spacial score (nSPS) is 38.2. The summed E-state index contributed by atoms with van der Waals surface area (Å²) in [6.45, 7) is 15.9. The molecule has 3 aliphatic rings. The molecule has 4 rings (SSSR count). The second-order valence-electron chi connectivity index (χ2n) is 21.6. The number of non-ortho nitro benzene ring substituents is 1. The lowest BCUT2D eigenvalue weighted by atomic mass is 9.74. The number of esters is 1. The number of likely N-dealkylation sites (N-methyl/N-ethyl adjacent to an activating group) is 1. The van der Waals surface area contributed by atoms with E-state index in [0.717, 1.165) is 0 Å². The maximum Gasteiger partial charge on any atom is 0.311 e. The number of alkyl halides is 2. The van der Waals surface area contributed by atoms with Crippen molar-refractivity contribution in [2.75, 3.05) is 27.2 Å². The van der Waals surface area contributed by atoms with Crippen LogP contribution in [0.2, 0.25) is 0 Å². The highest BCUT2D eigenvalue weighted by molar-refractivity contribution is 6.53. The number of Topliss-reactive ketones (excluding diaryl/α,β-unsaturated/α-hetero) is 1. The van der Waals surface area contributed by atoms with Gasteiger partial charge < -0.3 is 74.6 Å². The molecular weight excluding hydrogens is 1040 g/mol. The van der Waals surface area contributed by atoms with Crippen LogP contribution >= 0.6 is 23.2 Å². The van der Waals surface area contributed by atoms with E-state index in [2.05, 4.69) is 15.7 Å². The Hall–Kier alpha value is -3.53. The quantitative estimate of drug-likeness (QED) is 0.0311. The van der Waals surface area contributed by atoms with Gasteiger partial charge >= 0.3 is 5.97 Å². The third-order valence-corrected chi connectivity index (χ3v) is 15.9. The van der Waals surface area contributed by atoms with Gasteiger partial charge in [0.05, 0.1) is 64.3 Å². The average molecular weight is 1120 g/mol. The number of methoxy groups -OCH3 is 1. The monoisotopic (exact) mass is 1120 g/mol. The van der Waals surface area contributed by atoms with Gasteiger partial charge in [-0.3, -0.25) is 24.5 Å². The standard InChI is InChI=1S/C51H82Cl2N6O17/c1-13-36-51(10,68)42(63)27(4)38(60)25(2)21-49(8,67)44(28(5)41(29(6)47(66)74-36)75-37-22-50(9,71-12)43(64)30(7)73-37)76-48-40(62)35(20-26(3)72-48)58(11)19-18-32(57-54)23-55-24-34(56-46(65)45(52)53)39(61)31-14-16-33(17-15-31)59(69)70/h14-17,23,25-30,34-37,39-45,48,54-55,61-64,67-68H,13,18-22,24H2,1-12H3,(H,56,65)/b32-23-,57-54?/t25-,26-,27+,28+,29-,30+,34?,35+,36-,37+,39?,40-,41+,42-,43+,44-,48+,49-,50-,51-/m1/s1. The molecule has 0 aliphatic carbocycles. The lowest BCUT2D eigenvalue weighted by Crippen LogP contribution is -2.61. The van der Waals surface area contributed by atoms with Gasteiger partial charge in [-0.15, -0.1) is 0 Å². The number of cyclic esters (lactones) is 1. The summed E-state index contributed by atoms with van der Waals surface area (Å²) in [7, 11) is 3.19. The first-order valence-electron chi connectivity index (χ1n) is 25.8. The smallest absolute Gasteiger partial charge is 0.311 e. The molecule has 3 fully saturated rings. The predicted molar refractivity (Wildman–Crippen MR) is 277 cm³/mol. The third-order valence-electron chi connectivity index (χ3n) is 15.5. The number of aliphatic hydroxyl groups is 6. The van der Waals surface area contributed by atoms with Crippen LogP contribution in [0.25, 0.3) is 0 Å². The van der Waals surface area contributed by atoms with Crippen molar-refractivity contribution in [3.63, 3.8) is 0 Å². The number of ether oxygens (including phenoxy) is 6. The van der Waals surface area contributed by atoms with Crippen LogP contribution in [-0.2, 0) is 42.8 Å². The summed E-state index contributed by atoms with van der Waals surface area (Å²) in [6.07, 6.45) is -11.5. The minimum absolute atomic E-state index is 0.00983. The van der Waals surface area contributed by atoms with Crippen molar-refractivity contribution in [3.05, 3.63) is 51.8 Å². The van der Waals surface area contributed by atoms with Gasteiger partial charge in [-0.25, -0.2) is 5.53 Å². The van der Waals surface area contributed by atoms with Gasteiger partial charge in [0.25, 0.3) is 11.6 Å². The molecule has 0 spiro atoms. The predicted octanol–water partition coefficient (Wildman–Crippen LogP) is 3.94. The zero-order valence-electron chi connectivity index (χ0n) is 45.5. The van der Waals surface area contributed by atoms with Crippen molar-refractivity contribution in [1.29, 1.82) is 5.53 Å². The molecule has 3 saturated heterocycles. The van der Waals surface area contributed by atoms with Crippen LogP contribution in [-0.4, -0.2) is 181 Å². The van der Waals surface area contributed by atoms with Gasteiger partial charge in [0.15, 0.2) is 17.4 Å². The first-order valence-corrected chi connectivity index (χ1v) is 26.6. The number of nitro groups is 1. The molecule has 1 aromatic rings. The van der Waals surface area contributed by atoms with E-state index >= 15 is 0 Å². The third kappa shape index (κ3) is 15.9. The first kappa shape index (κ1) is 65.0. The van der Waals surface area contributed by atoms with E-state index in [1.807, 2.05) is 4.90 Å². The Balaban J connectivity index is 1.65. The number of nitro benzene ring substituents is 1. The fraction of sp³-hybridized carbons (Fsp3) is 0.784. The molecule has 9 N–H and O–H groups in total. The molecule has 3 heterocycles. The molecule has 3 aliphatic heterocycles. The Kier molecular flexibility index (Phi) is 23.6. The van der Waals surface area contributed by atoms with Crippen LogP contribution in [0.15, 0.2) is 41.3 Å². The number of ketones is 1. The Bertz CT molecular complexity index is 2140. The highest BCUT2D eigenvalue weighted by Gasteiger charge is 2.54. The van der Waals surface area contributed by atoms with E-state index < -0.39 is 147 Å². The SMILES string of the molecule is CC[C@H]1OC(=O)[C@H](C)[C@@H](O[C@H]2C[C@@](C)(OC)[C@@H](O)[C@H](C)O2)[C@H](C)[C@@H](O[C@@H]2O[C@H](C)C[C@H](N(C)CC/C(=C/NCC(NC(=O)C(Cl)Cl)C(O)c3ccc([N+](=O)[O-])cc3)N=N)[C@H]2O)[C@](C)(O)C[C@@H](C)C(=O)[C@H](C)[C@@H](O)[C@]1(C)O. The van der Waals surface area contributed by atoms with Gasteiger partial charge in [0.2, 0.25) is 0 Å². The fourth-order valence-corrected chi connectivity index (χ4v) is 10.9. The average Bonchev–Trinajstić information content (AvgIpc) is 3.37. The van der Waals surface area contributed by atoms with Crippen LogP contribution in [0.3, 0.4) is 0 Å². The maximum atomic E-state index is 14.4. The summed E-state index contributed by atoms with van der Waals surface area (Å²) in [5.41, 5.74) is 3.03. The van der Waals surface area contributed by atoms with Crippen LogP contribution in [0.4, 0.5) is 5.69 Å². The number of halogens is 2.